The maximum atomic E-state index is 13.9. The lowest BCUT2D eigenvalue weighted by Gasteiger charge is -2.52. The van der Waals surface area contributed by atoms with E-state index >= 15 is 0 Å². The van der Waals surface area contributed by atoms with Crippen molar-refractivity contribution >= 4 is 11.8 Å². The van der Waals surface area contributed by atoms with Crippen LogP contribution in [0.1, 0.15) is 79.2 Å². The van der Waals surface area contributed by atoms with Crippen LogP contribution < -0.4 is 10.7 Å². The predicted molar refractivity (Wildman–Crippen MR) is 135 cm³/mol. The number of fused-ring (bicyclic) bond motifs is 1. The summed E-state index contributed by atoms with van der Waals surface area (Å²) in [6.07, 6.45) is 7.18. The van der Waals surface area contributed by atoms with Crippen molar-refractivity contribution in [1.29, 1.82) is 0 Å². The van der Waals surface area contributed by atoms with Gasteiger partial charge in [0.25, 0.3) is 11.8 Å². The summed E-state index contributed by atoms with van der Waals surface area (Å²) in [4.78, 5) is 41.7. The van der Waals surface area contributed by atoms with Crippen molar-refractivity contribution in [1.82, 2.24) is 14.8 Å². The van der Waals surface area contributed by atoms with Gasteiger partial charge in [0.1, 0.15) is 11.1 Å². The van der Waals surface area contributed by atoms with Crippen LogP contribution in [0.25, 0.3) is 0 Å². The van der Waals surface area contributed by atoms with E-state index in [1.165, 1.54) is 0 Å². The minimum Gasteiger partial charge on any atom is -0.385 e. The Morgan fingerprint density at radius 3 is 2.49 bits per heavy atom. The summed E-state index contributed by atoms with van der Waals surface area (Å²) in [5.41, 5.74) is -0.608. The molecule has 1 aliphatic heterocycles. The quantitative estimate of drug-likeness (QED) is 0.663. The number of pyridine rings is 1. The number of aromatic nitrogens is 1. The Morgan fingerprint density at radius 1 is 1.11 bits per heavy atom. The summed E-state index contributed by atoms with van der Waals surface area (Å²) in [6.45, 7) is 7.24. The van der Waals surface area contributed by atoms with Gasteiger partial charge in [0.2, 0.25) is 5.43 Å². The van der Waals surface area contributed by atoms with Crippen molar-refractivity contribution in [3.8, 4) is 0 Å². The number of hydrogen-bond donors (Lipinski definition) is 2. The SMILES string of the molecule is CCNC(=O)c1cn(CC(C)C)cc(C(=O)N2CC[C@](O)(c3ccccc3)[C@@H]3CCCC[C@H]32)c1=O. The molecule has 1 aromatic heterocycles. The van der Waals surface area contributed by atoms with Crippen LogP contribution in [0.5, 0.6) is 0 Å². The first kappa shape index (κ1) is 25.2. The average molecular weight is 480 g/mol. The van der Waals surface area contributed by atoms with Gasteiger partial charge >= 0.3 is 0 Å². The van der Waals surface area contributed by atoms with Gasteiger partial charge in [-0.05, 0) is 37.7 Å². The molecule has 0 bridgehead atoms. The van der Waals surface area contributed by atoms with Crippen molar-refractivity contribution in [3.63, 3.8) is 0 Å². The van der Waals surface area contributed by atoms with E-state index in [2.05, 4.69) is 5.32 Å². The number of aliphatic hydroxyl groups is 1. The fourth-order valence-corrected chi connectivity index (χ4v) is 5.90. The van der Waals surface area contributed by atoms with Crippen LogP contribution in [0.2, 0.25) is 0 Å². The molecule has 2 amide bonds. The van der Waals surface area contributed by atoms with E-state index in [0.29, 0.717) is 26.1 Å². The highest BCUT2D eigenvalue weighted by atomic mass is 16.3. The molecule has 7 heteroatoms. The monoisotopic (exact) mass is 479 g/mol. The lowest BCUT2D eigenvalue weighted by Crippen LogP contribution is -2.59. The molecule has 1 aromatic carbocycles. The van der Waals surface area contributed by atoms with Crippen molar-refractivity contribution < 1.29 is 14.7 Å². The molecule has 2 heterocycles. The third-order valence-electron chi connectivity index (χ3n) is 7.48. The summed E-state index contributed by atoms with van der Waals surface area (Å²) < 4.78 is 1.78. The normalized spacial score (nSPS) is 24.2. The topological polar surface area (TPSA) is 91.6 Å². The molecular weight excluding hydrogens is 442 g/mol. The van der Waals surface area contributed by atoms with E-state index < -0.39 is 16.9 Å². The first-order valence-corrected chi connectivity index (χ1v) is 12.9. The van der Waals surface area contributed by atoms with Gasteiger partial charge in [-0.1, -0.05) is 57.0 Å². The molecule has 0 unspecified atom stereocenters. The van der Waals surface area contributed by atoms with E-state index in [1.54, 1.807) is 28.8 Å². The molecule has 1 saturated heterocycles. The zero-order valence-electron chi connectivity index (χ0n) is 21.0. The number of carbonyl (C=O) groups is 2. The molecule has 2 N–H and O–H groups in total. The summed E-state index contributed by atoms with van der Waals surface area (Å²) in [7, 11) is 0. The van der Waals surface area contributed by atoms with Gasteiger partial charge in [0.05, 0.1) is 5.60 Å². The largest absolute Gasteiger partial charge is 0.385 e. The summed E-state index contributed by atoms with van der Waals surface area (Å²) in [5.74, 6) is -0.620. The minimum absolute atomic E-state index is 0.00339. The molecular formula is C28H37N3O4. The van der Waals surface area contributed by atoms with Crippen LogP contribution in [0.4, 0.5) is 0 Å². The highest BCUT2D eigenvalue weighted by Crippen LogP contribution is 2.47. The number of benzene rings is 1. The maximum absolute atomic E-state index is 13.9. The number of piperidine rings is 1. The van der Waals surface area contributed by atoms with Crippen molar-refractivity contribution in [2.75, 3.05) is 13.1 Å². The first-order valence-electron chi connectivity index (χ1n) is 12.9. The molecule has 2 aliphatic rings. The van der Waals surface area contributed by atoms with Crippen LogP contribution in [0, 0.1) is 11.8 Å². The number of rotatable bonds is 6. The number of nitrogens with one attached hydrogen (secondary N) is 1. The second-order valence-electron chi connectivity index (χ2n) is 10.4. The van der Waals surface area contributed by atoms with E-state index in [9.17, 15) is 19.5 Å². The van der Waals surface area contributed by atoms with Gasteiger partial charge in [-0.2, -0.15) is 0 Å². The maximum Gasteiger partial charge on any atom is 0.259 e. The van der Waals surface area contributed by atoms with Crippen LogP contribution in [-0.4, -0.2) is 45.5 Å². The van der Waals surface area contributed by atoms with E-state index in [1.807, 2.05) is 44.2 Å². The van der Waals surface area contributed by atoms with E-state index in [4.69, 9.17) is 0 Å². The lowest BCUT2D eigenvalue weighted by molar-refractivity contribution is -0.110. The number of amides is 2. The van der Waals surface area contributed by atoms with Crippen LogP contribution >= 0.6 is 0 Å². The Kier molecular flexibility index (Phi) is 7.45. The van der Waals surface area contributed by atoms with Gasteiger partial charge in [0.15, 0.2) is 0 Å². The van der Waals surface area contributed by atoms with Gasteiger partial charge < -0.3 is 19.9 Å². The fraction of sp³-hybridized carbons (Fsp3) is 0.536. The van der Waals surface area contributed by atoms with Crippen LogP contribution in [-0.2, 0) is 12.1 Å². The summed E-state index contributed by atoms with van der Waals surface area (Å²) in [5, 5.41) is 14.5. The Hall–Kier alpha value is -2.93. The Bertz CT molecular complexity index is 1130. The van der Waals surface area contributed by atoms with E-state index in [-0.39, 0.29) is 34.9 Å². The van der Waals surface area contributed by atoms with Gasteiger partial charge in [0, 0.05) is 44.0 Å². The Labute approximate surface area is 207 Å². The molecule has 2 fully saturated rings. The first-order chi connectivity index (χ1) is 16.8. The second kappa shape index (κ2) is 10.4. The standard InChI is InChI=1S/C28H37N3O4/c1-4-29-26(33)21-17-30(16-19(2)3)18-22(25(21)32)27(34)31-15-14-28(35,20-10-6-5-7-11-20)23-12-8-9-13-24(23)31/h5-7,10-11,17-19,23-24,35H,4,8-9,12-16H2,1-3H3,(H,29,33)/t23-,24-,28+/m1/s1. The molecule has 2 aromatic rings. The fourth-order valence-electron chi connectivity index (χ4n) is 5.90. The molecule has 1 aliphatic carbocycles. The van der Waals surface area contributed by atoms with Crippen molar-refractivity contribution in [2.24, 2.45) is 11.8 Å². The molecule has 188 valence electrons. The smallest absolute Gasteiger partial charge is 0.259 e. The minimum atomic E-state index is -0.996. The summed E-state index contributed by atoms with van der Waals surface area (Å²) in [6, 6.07) is 9.58. The molecule has 0 radical (unpaired) electrons. The highest BCUT2D eigenvalue weighted by molar-refractivity contribution is 5.99. The van der Waals surface area contributed by atoms with Crippen LogP contribution in [0.15, 0.2) is 47.5 Å². The molecule has 4 rings (SSSR count). The molecule has 3 atom stereocenters. The van der Waals surface area contributed by atoms with E-state index in [0.717, 1.165) is 31.2 Å². The Morgan fingerprint density at radius 2 is 1.80 bits per heavy atom. The number of likely N-dealkylation sites (tertiary alicyclic amines) is 1. The second-order valence-corrected chi connectivity index (χ2v) is 10.4. The Balaban J connectivity index is 1.71. The van der Waals surface area contributed by atoms with Gasteiger partial charge in [-0.3, -0.25) is 14.4 Å². The molecule has 7 nitrogen and oxygen atoms in total. The number of nitrogens with zero attached hydrogens (tertiary/aromatic N) is 2. The van der Waals surface area contributed by atoms with Gasteiger partial charge in [-0.15, -0.1) is 0 Å². The van der Waals surface area contributed by atoms with Crippen molar-refractivity contribution in [2.45, 2.75) is 71.1 Å². The number of carbonyl (C=O) groups excluding carboxylic acids is 2. The van der Waals surface area contributed by atoms with Gasteiger partial charge in [-0.25, -0.2) is 0 Å². The third kappa shape index (κ3) is 4.92. The predicted octanol–water partition coefficient (Wildman–Crippen LogP) is 3.55. The average Bonchev–Trinajstić information content (AvgIpc) is 2.85. The zero-order valence-corrected chi connectivity index (χ0v) is 21.0. The third-order valence-corrected chi connectivity index (χ3v) is 7.48. The molecule has 35 heavy (non-hydrogen) atoms. The lowest BCUT2D eigenvalue weighted by atomic mass is 9.66. The number of hydrogen-bond acceptors (Lipinski definition) is 4. The van der Waals surface area contributed by atoms with Crippen molar-refractivity contribution in [3.05, 3.63) is 69.6 Å². The van der Waals surface area contributed by atoms with Crippen LogP contribution in [0.3, 0.4) is 0 Å². The zero-order chi connectivity index (χ0) is 25.2. The highest BCUT2D eigenvalue weighted by Gasteiger charge is 2.50. The molecule has 1 saturated carbocycles. The summed E-state index contributed by atoms with van der Waals surface area (Å²) >= 11 is 0. The molecule has 0 spiro atoms.